The number of Topliss-reactive ketones (excluding diaryl/α,β-unsaturated/α-hetero) is 1. The number of ether oxygens (including phenoxy) is 2. The normalized spacial score (nSPS) is 18.0. The van der Waals surface area contributed by atoms with Crippen LogP contribution >= 0.6 is 11.8 Å². The summed E-state index contributed by atoms with van der Waals surface area (Å²) in [5, 5.41) is 8.90. The number of hydrogen-bond acceptors (Lipinski definition) is 7. The largest absolute Gasteiger partial charge is 0.490 e. The summed E-state index contributed by atoms with van der Waals surface area (Å²) in [4.78, 5) is 18.3. The van der Waals surface area contributed by atoms with Crippen LogP contribution in [0.5, 0.6) is 11.5 Å². The van der Waals surface area contributed by atoms with Crippen molar-refractivity contribution < 1.29 is 18.7 Å². The molecular formula is C29H33FN4O3S. The third-order valence-corrected chi connectivity index (χ3v) is 7.72. The fourth-order valence-electron chi connectivity index (χ4n) is 5.01. The lowest BCUT2D eigenvalue weighted by atomic mass is 9.73. The molecule has 0 bridgehead atoms. The number of carbonyl (C=O) groups excluding carboxylic acids is 1. The highest BCUT2D eigenvalue weighted by molar-refractivity contribution is 7.99. The summed E-state index contributed by atoms with van der Waals surface area (Å²) in [5.74, 6) is 2.39. The van der Waals surface area contributed by atoms with Gasteiger partial charge >= 0.3 is 0 Å². The molecule has 0 radical (unpaired) electrons. The van der Waals surface area contributed by atoms with Crippen molar-refractivity contribution in [3.8, 4) is 11.5 Å². The zero-order chi connectivity index (χ0) is 26.9. The molecule has 0 amide bonds. The molecule has 2 aromatic carbocycles. The molecule has 0 saturated carbocycles. The Morgan fingerprint density at radius 1 is 1.13 bits per heavy atom. The van der Waals surface area contributed by atoms with Crippen molar-refractivity contribution >= 4 is 23.5 Å². The molecule has 0 spiro atoms. The average Bonchev–Trinajstić information content (AvgIpc) is 3.28. The zero-order valence-electron chi connectivity index (χ0n) is 22.2. The van der Waals surface area contributed by atoms with Crippen molar-refractivity contribution in [3.63, 3.8) is 0 Å². The van der Waals surface area contributed by atoms with Crippen molar-refractivity contribution in [1.82, 2.24) is 14.8 Å². The Morgan fingerprint density at radius 3 is 2.71 bits per heavy atom. The van der Waals surface area contributed by atoms with E-state index < -0.39 is 6.04 Å². The Labute approximate surface area is 226 Å². The molecule has 1 N–H and O–H groups in total. The molecule has 1 aliphatic heterocycles. The molecule has 1 unspecified atom stereocenters. The van der Waals surface area contributed by atoms with Gasteiger partial charge in [0.2, 0.25) is 11.1 Å². The van der Waals surface area contributed by atoms with Crippen LogP contribution in [-0.2, 0) is 11.4 Å². The van der Waals surface area contributed by atoms with E-state index in [0.717, 1.165) is 35.4 Å². The maximum Gasteiger partial charge on any atom is 0.227 e. The van der Waals surface area contributed by atoms with Gasteiger partial charge in [-0.2, -0.15) is 4.98 Å². The van der Waals surface area contributed by atoms with Gasteiger partial charge in [0.25, 0.3) is 0 Å². The molecule has 1 aromatic heterocycles. The number of aromatic nitrogens is 3. The summed E-state index contributed by atoms with van der Waals surface area (Å²) >= 11 is 1.60. The van der Waals surface area contributed by atoms with Crippen LogP contribution in [0.3, 0.4) is 0 Å². The predicted octanol–water partition coefficient (Wildman–Crippen LogP) is 6.56. The molecule has 1 aliphatic carbocycles. The van der Waals surface area contributed by atoms with E-state index in [-0.39, 0.29) is 23.6 Å². The number of allylic oxidation sites excluding steroid dienone is 2. The van der Waals surface area contributed by atoms with E-state index in [0.29, 0.717) is 41.2 Å². The van der Waals surface area contributed by atoms with Crippen molar-refractivity contribution in [3.05, 3.63) is 70.7 Å². The lowest BCUT2D eigenvalue weighted by molar-refractivity contribution is -0.118. The van der Waals surface area contributed by atoms with Crippen LogP contribution in [0.2, 0.25) is 0 Å². The van der Waals surface area contributed by atoms with Crippen LogP contribution in [0.15, 0.2) is 58.9 Å². The highest BCUT2D eigenvalue weighted by Gasteiger charge is 2.42. The van der Waals surface area contributed by atoms with E-state index in [9.17, 15) is 9.18 Å². The third kappa shape index (κ3) is 5.29. The first-order valence-electron chi connectivity index (χ1n) is 13.0. The van der Waals surface area contributed by atoms with Crippen LogP contribution < -0.4 is 14.8 Å². The van der Waals surface area contributed by atoms with E-state index in [1.807, 2.05) is 29.8 Å². The van der Waals surface area contributed by atoms with Gasteiger partial charge in [0.05, 0.1) is 6.61 Å². The van der Waals surface area contributed by atoms with E-state index in [1.54, 1.807) is 30.0 Å². The van der Waals surface area contributed by atoms with Gasteiger partial charge in [-0.1, -0.05) is 56.8 Å². The lowest BCUT2D eigenvalue weighted by Crippen LogP contribution is -2.36. The first-order chi connectivity index (χ1) is 18.3. The van der Waals surface area contributed by atoms with Gasteiger partial charge in [0.15, 0.2) is 17.3 Å². The summed E-state index contributed by atoms with van der Waals surface area (Å²) in [7, 11) is 0. The number of halogens is 1. The molecular weight excluding hydrogens is 503 g/mol. The molecule has 5 rings (SSSR count). The second-order valence-corrected chi connectivity index (χ2v) is 11.5. The number of nitrogens with zero attached hydrogens (tertiary/aromatic N) is 3. The van der Waals surface area contributed by atoms with Gasteiger partial charge in [-0.25, -0.2) is 9.07 Å². The fraction of sp³-hybridized carbons (Fsp3) is 0.414. The summed E-state index contributed by atoms with van der Waals surface area (Å²) in [6.45, 7) is 8.76. The first-order valence-corrected chi connectivity index (χ1v) is 14.0. The summed E-state index contributed by atoms with van der Waals surface area (Å²) < 4.78 is 27.9. The van der Waals surface area contributed by atoms with Gasteiger partial charge < -0.3 is 14.8 Å². The Balaban J connectivity index is 1.54. The first kappa shape index (κ1) is 26.3. The molecule has 7 nitrogen and oxygen atoms in total. The highest BCUT2D eigenvalue weighted by Crippen LogP contribution is 2.46. The van der Waals surface area contributed by atoms with E-state index >= 15 is 0 Å². The van der Waals surface area contributed by atoms with E-state index in [4.69, 9.17) is 19.6 Å². The van der Waals surface area contributed by atoms with Crippen molar-refractivity contribution in [2.75, 3.05) is 17.7 Å². The third-order valence-electron chi connectivity index (χ3n) is 6.67. The number of anilines is 1. The standard InChI is InChI=1S/C29H33FN4O3S/c1-5-13-38-28-32-27-31-21-15-29(3,4)16-22(35)25(21)26(34(27)33-28)18-11-12-23(24(14-18)36-6-2)37-17-19-9-7-8-10-20(19)30/h7-12,14,26H,5-6,13,15-17H2,1-4H3,(H,31,32,33). The maximum atomic E-state index is 14.1. The van der Waals surface area contributed by atoms with Crippen LogP contribution in [-0.4, -0.2) is 32.9 Å². The fourth-order valence-corrected chi connectivity index (χ4v) is 5.69. The van der Waals surface area contributed by atoms with Crippen molar-refractivity contribution in [2.24, 2.45) is 5.41 Å². The molecule has 0 fully saturated rings. The summed E-state index contributed by atoms with van der Waals surface area (Å²) in [6, 6.07) is 11.8. The van der Waals surface area contributed by atoms with Gasteiger partial charge in [0.1, 0.15) is 18.5 Å². The second-order valence-electron chi connectivity index (χ2n) is 10.4. The smallest absolute Gasteiger partial charge is 0.227 e. The van der Waals surface area contributed by atoms with Crippen molar-refractivity contribution in [2.45, 2.75) is 64.8 Å². The minimum Gasteiger partial charge on any atom is -0.490 e. The number of fused-ring (bicyclic) bond motifs is 1. The number of carbonyl (C=O) groups is 1. The van der Waals surface area contributed by atoms with Gasteiger partial charge in [-0.3, -0.25) is 4.79 Å². The van der Waals surface area contributed by atoms with Gasteiger partial charge in [-0.15, -0.1) is 5.10 Å². The lowest BCUT2D eigenvalue weighted by Gasteiger charge is -2.38. The number of hydrogen-bond donors (Lipinski definition) is 1. The summed E-state index contributed by atoms with van der Waals surface area (Å²) in [5.41, 5.74) is 2.80. The minimum atomic E-state index is -0.437. The highest BCUT2D eigenvalue weighted by atomic mass is 32.2. The van der Waals surface area contributed by atoms with Gasteiger partial charge in [-0.05, 0) is 48.9 Å². The van der Waals surface area contributed by atoms with Crippen LogP contribution in [0, 0.1) is 11.2 Å². The molecule has 200 valence electrons. The quantitative estimate of drug-likeness (QED) is 0.311. The molecule has 3 aromatic rings. The molecule has 2 heterocycles. The molecule has 1 atom stereocenters. The number of rotatable bonds is 9. The SMILES string of the molecule is CCCSc1nc2n(n1)C(c1ccc(OCc3ccccc3F)c(OCC)c1)C1=C(CC(C)(C)CC1=O)N2. The molecule has 2 aliphatic rings. The summed E-state index contributed by atoms with van der Waals surface area (Å²) in [6.07, 6.45) is 2.23. The van der Waals surface area contributed by atoms with Gasteiger partial charge in [0, 0.05) is 29.0 Å². The van der Waals surface area contributed by atoms with E-state index in [1.165, 1.54) is 6.07 Å². The molecule has 0 saturated heterocycles. The zero-order valence-corrected chi connectivity index (χ0v) is 23.0. The second kappa shape index (κ2) is 10.8. The Kier molecular flexibility index (Phi) is 7.47. The number of thioether (sulfide) groups is 1. The molecule has 38 heavy (non-hydrogen) atoms. The van der Waals surface area contributed by atoms with Crippen LogP contribution in [0.1, 0.15) is 64.1 Å². The van der Waals surface area contributed by atoms with Crippen LogP contribution in [0.25, 0.3) is 0 Å². The maximum absolute atomic E-state index is 14.1. The predicted molar refractivity (Wildman–Crippen MR) is 146 cm³/mol. The Morgan fingerprint density at radius 2 is 1.95 bits per heavy atom. The van der Waals surface area contributed by atoms with Crippen LogP contribution in [0.4, 0.5) is 10.3 Å². The average molecular weight is 537 g/mol. The minimum absolute atomic E-state index is 0.0769. The van der Waals surface area contributed by atoms with Crippen molar-refractivity contribution in [1.29, 1.82) is 0 Å². The monoisotopic (exact) mass is 536 g/mol. The topological polar surface area (TPSA) is 78.3 Å². The molecule has 9 heteroatoms. The number of ketones is 1. The number of benzene rings is 2. The van der Waals surface area contributed by atoms with E-state index in [2.05, 4.69) is 26.1 Å². The Bertz CT molecular complexity index is 1380. The Hall–Kier alpha value is -3.33. The number of nitrogens with one attached hydrogen (secondary N) is 1.